The third kappa shape index (κ3) is 2.12. The lowest BCUT2D eigenvalue weighted by Gasteiger charge is -2.21. The van der Waals surface area contributed by atoms with Crippen LogP contribution in [-0.4, -0.2) is 18.5 Å². The Bertz CT molecular complexity index is 532. The van der Waals surface area contributed by atoms with Crippen molar-refractivity contribution in [1.82, 2.24) is 0 Å². The van der Waals surface area contributed by atoms with Crippen LogP contribution < -0.4 is 10.6 Å². The van der Waals surface area contributed by atoms with Gasteiger partial charge in [0.25, 0.3) is 0 Å². The summed E-state index contributed by atoms with van der Waals surface area (Å²) in [5, 5.41) is 0. The van der Waals surface area contributed by atoms with Gasteiger partial charge in [-0.3, -0.25) is 4.79 Å². The summed E-state index contributed by atoms with van der Waals surface area (Å²) in [6.45, 7) is 0.431. The Morgan fingerprint density at radius 1 is 1.32 bits per heavy atom. The minimum Gasteiger partial charge on any atom is -0.328 e. The first-order valence-corrected chi connectivity index (χ1v) is 6.61. The van der Waals surface area contributed by atoms with Crippen molar-refractivity contribution < 1.29 is 13.6 Å². The largest absolute Gasteiger partial charge is 0.328 e. The van der Waals surface area contributed by atoms with E-state index in [-0.39, 0.29) is 17.9 Å². The van der Waals surface area contributed by atoms with Crippen molar-refractivity contribution in [2.24, 2.45) is 11.7 Å². The predicted molar refractivity (Wildman–Crippen MR) is 67.7 cm³/mol. The molecule has 0 bridgehead atoms. The molecule has 1 fully saturated rings. The fourth-order valence-electron chi connectivity index (χ4n) is 3.11. The molecule has 1 amide bonds. The van der Waals surface area contributed by atoms with Crippen LogP contribution in [0.15, 0.2) is 12.1 Å². The molecule has 1 saturated carbocycles. The summed E-state index contributed by atoms with van der Waals surface area (Å²) in [5.41, 5.74) is 6.65. The van der Waals surface area contributed by atoms with E-state index in [1.807, 2.05) is 0 Å². The van der Waals surface area contributed by atoms with Crippen molar-refractivity contribution in [1.29, 1.82) is 0 Å². The number of nitrogens with zero attached hydrogens (tertiary/aromatic N) is 1. The number of benzene rings is 1. The maximum Gasteiger partial charge on any atom is 0.230 e. The van der Waals surface area contributed by atoms with Crippen molar-refractivity contribution in [3.63, 3.8) is 0 Å². The van der Waals surface area contributed by atoms with E-state index in [1.165, 1.54) is 11.0 Å². The summed E-state index contributed by atoms with van der Waals surface area (Å²) in [6.07, 6.45) is 2.73. The molecule has 3 rings (SSSR count). The van der Waals surface area contributed by atoms with E-state index in [0.29, 0.717) is 30.6 Å². The van der Waals surface area contributed by atoms with Gasteiger partial charge in [-0.25, -0.2) is 8.78 Å². The Morgan fingerprint density at radius 2 is 2.11 bits per heavy atom. The molecule has 2 atom stereocenters. The average Bonchev–Trinajstić information content (AvgIpc) is 2.94. The quantitative estimate of drug-likeness (QED) is 0.845. The van der Waals surface area contributed by atoms with Gasteiger partial charge in [0.1, 0.15) is 11.6 Å². The maximum absolute atomic E-state index is 13.6. The Balaban J connectivity index is 1.88. The van der Waals surface area contributed by atoms with Crippen LogP contribution in [0.2, 0.25) is 0 Å². The van der Waals surface area contributed by atoms with Crippen molar-refractivity contribution >= 4 is 11.6 Å². The van der Waals surface area contributed by atoms with Crippen LogP contribution in [0.3, 0.4) is 0 Å². The number of nitrogens with two attached hydrogens (primary N) is 1. The first-order chi connectivity index (χ1) is 9.06. The molecule has 0 aromatic heterocycles. The summed E-state index contributed by atoms with van der Waals surface area (Å²) in [4.78, 5) is 13.9. The number of rotatable bonds is 1. The van der Waals surface area contributed by atoms with Gasteiger partial charge >= 0.3 is 0 Å². The van der Waals surface area contributed by atoms with E-state index in [9.17, 15) is 13.6 Å². The standard InChI is InChI=1S/C14H16F2N2O/c15-9-6-12(16)11-3-4-18(13(11)7-9)14(19)8-1-2-10(17)5-8/h6-8,10H,1-5,17H2. The summed E-state index contributed by atoms with van der Waals surface area (Å²) < 4.78 is 26.9. The van der Waals surface area contributed by atoms with Crippen molar-refractivity contribution in [2.45, 2.75) is 31.7 Å². The predicted octanol–water partition coefficient (Wildman–Crippen LogP) is 1.98. The van der Waals surface area contributed by atoms with E-state index < -0.39 is 11.6 Å². The van der Waals surface area contributed by atoms with E-state index in [0.717, 1.165) is 18.9 Å². The van der Waals surface area contributed by atoms with Gasteiger partial charge in [0.05, 0.1) is 5.69 Å². The molecule has 5 heteroatoms. The highest BCUT2D eigenvalue weighted by atomic mass is 19.1. The van der Waals surface area contributed by atoms with Crippen molar-refractivity contribution in [2.75, 3.05) is 11.4 Å². The Hall–Kier alpha value is -1.49. The summed E-state index contributed by atoms with van der Waals surface area (Å²) in [6, 6.07) is 2.19. The molecule has 1 aliphatic carbocycles. The van der Waals surface area contributed by atoms with Crippen LogP contribution in [0.25, 0.3) is 0 Å². The molecule has 0 spiro atoms. The smallest absolute Gasteiger partial charge is 0.230 e. The van der Waals surface area contributed by atoms with Crippen LogP contribution in [-0.2, 0) is 11.2 Å². The Labute approximate surface area is 110 Å². The van der Waals surface area contributed by atoms with E-state index in [1.54, 1.807) is 0 Å². The average molecular weight is 266 g/mol. The number of anilines is 1. The minimum absolute atomic E-state index is 0.0447. The number of hydrogen-bond donors (Lipinski definition) is 1. The molecular formula is C14H16F2N2O. The van der Waals surface area contributed by atoms with Gasteiger partial charge in [-0.2, -0.15) is 0 Å². The zero-order valence-corrected chi connectivity index (χ0v) is 10.5. The van der Waals surface area contributed by atoms with Crippen LogP contribution in [0.5, 0.6) is 0 Å². The SMILES string of the molecule is NC1CCC(C(=O)N2CCc3c(F)cc(F)cc32)C1. The van der Waals surface area contributed by atoms with Gasteiger partial charge in [0.2, 0.25) is 5.91 Å². The highest BCUT2D eigenvalue weighted by molar-refractivity contribution is 5.97. The number of halogens is 2. The number of amides is 1. The number of fused-ring (bicyclic) bond motifs is 1. The van der Waals surface area contributed by atoms with E-state index in [2.05, 4.69) is 0 Å². The van der Waals surface area contributed by atoms with Gasteiger partial charge in [-0.15, -0.1) is 0 Å². The second kappa shape index (κ2) is 4.56. The zero-order chi connectivity index (χ0) is 13.6. The summed E-state index contributed by atoms with van der Waals surface area (Å²) in [5.74, 6) is -1.35. The third-order valence-electron chi connectivity index (χ3n) is 4.10. The van der Waals surface area contributed by atoms with E-state index >= 15 is 0 Å². The topological polar surface area (TPSA) is 46.3 Å². The fourth-order valence-corrected chi connectivity index (χ4v) is 3.11. The molecular weight excluding hydrogens is 250 g/mol. The van der Waals surface area contributed by atoms with Crippen LogP contribution in [0.1, 0.15) is 24.8 Å². The molecule has 3 nitrogen and oxygen atoms in total. The molecule has 2 N–H and O–H groups in total. The van der Waals surface area contributed by atoms with Gasteiger partial charge in [0.15, 0.2) is 0 Å². The number of carbonyl (C=O) groups is 1. The van der Waals surface area contributed by atoms with Gasteiger partial charge in [-0.1, -0.05) is 0 Å². The van der Waals surface area contributed by atoms with Crippen LogP contribution in [0, 0.1) is 17.6 Å². The van der Waals surface area contributed by atoms with Crippen LogP contribution in [0.4, 0.5) is 14.5 Å². The maximum atomic E-state index is 13.6. The van der Waals surface area contributed by atoms with Crippen molar-refractivity contribution in [3.8, 4) is 0 Å². The van der Waals surface area contributed by atoms with Gasteiger partial charge in [0, 0.05) is 30.1 Å². The fraction of sp³-hybridized carbons (Fsp3) is 0.500. The Morgan fingerprint density at radius 3 is 2.79 bits per heavy atom. The number of hydrogen-bond acceptors (Lipinski definition) is 2. The molecule has 1 aromatic rings. The second-order valence-corrected chi connectivity index (χ2v) is 5.40. The van der Waals surface area contributed by atoms with Crippen LogP contribution >= 0.6 is 0 Å². The van der Waals surface area contributed by atoms with E-state index in [4.69, 9.17) is 5.73 Å². The summed E-state index contributed by atoms with van der Waals surface area (Å²) >= 11 is 0. The lowest BCUT2D eigenvalue weighted by Crippen LogP contribution is -2.34. The molecule has 19 heavy (non-hydrogen) atoms. The lowest BCUT2D eigenvalue weighted by molar-refractivity contribution is -0.122. The molecule has 1 aromatic carbocycles. The zero-order valence-electron chi connectivity index (χ0n) is 10.5. The summed E-state index contributed by atoms with van der Waals surface area (Å²) in [7, 11) is 0. The minimum atomic E-state index is -0.640. The normalized spacial score (nSPS) is 25.7. The van der Waals surface area contributed by atoms with Crippen molar-refractivity contribution in [3.05, 3.63) is 29.3 Å². The first-order valence-electron chi connectivity index (χ1n) is 6.61. The number of carbonyl (C=O) groups excluding carboxylic acids is 1. The monoisotopic (exact) mass is 266 g/mol. The molecule has 1 heterocycles. The van der Waals surface area contributed by atoms with Gasteiger partial charge in [-0.05, 0) is 31.7 Å². The molecule has 0 saturated heterocycles. The highest BCUT2D eigenvalue weighted by Gasteiger charge is 2.35. The van der Waals surface area contributed by atoms with Gasteiger partial charge < -0.3 is 10.6 Å². The molecule has 102 valence electrons. The molecule has 1 aliphatic heterocycles. The molecule has 0 radical (unpaired) electrons. The molecule has 2 unspecified atom stereocenters. The Kier molecular flexibility index (Phi) is 3.01. The lowest BCUT2D eigenvalue weighted by atomic mass is 10.1. The highest BCUT2D eigenvalue weighted by Crippen LogP contribution is 2.35. The third-order valence-corrected chi connectivity index (χ3v) is 4.10. The first kappa shape index (κ1) is 12.5. The second-order valence-electron chi connectivity index (χ2n) is 5.40. The molecule has 2 aliphatic rings.